The van der Waals surface area contributed by atoms with E-state index in [1.54, 1.807) is 30.3 Å². The molecule has 0 radical (unpaired) electrons. The lowest BCUT2D eigenvalue weighted by Gasteiger charge is -2.32. The summed E-state index contributed by atoms with van der Waals surface area (Å²) in [6.45, 7) is 3.36. The largest absolute Gasteiger partial charge is 0.490 e. The number of halogens is 6. The van der Waals surface area contributed by atoms with E-state index in [2.05, 4.69) is 31.3 Å². The second-order valence-corrected chi connectivity index (χ2v) is 8.87. The Hall–Kier alpha value is -3.18. The Labute approximate surface area is 217 Å². The van der Waals surface area contributed by atoms with Crippen LogP contribution in [0.1, 0.15) is 22.9 Å². The summed E-state index contributed by atoms with van der Waals surface area (Å²) in [7, 11) is 5.51. The molecule has 17 heteroatoms. The zero-order valence-electron chi connectivity index (χ0n) is 20.4. The molecule has 3 rings (SSSR count). The predicted molar refractivity (Wildman–Crippen MR) is 121 cm³/mol. The van der Waals surface area contributed by atoms with Gasteiger partial charge in [0.05, 0.1) is 18.6 Å². The fourth-order valence-electron chi connectivity index (χ4n) is 3.12. The van der Waals surface area contributed by atoms with E-state index in [0.29, 0.717) is 6.61 Å². The van der Waals surface area contributed by atoms with Crippen LogP contribution >= 0.6 is 11.3 Å². The molecule has 1 amide bonds. The summed E-state index contributed by atoms with van der Waals surface area (Å²) < 4.78 is 71.3. The summed E-state index contributed by atoms with van der Waals surface area (Å²) in [6.07, 6.45) is -8.29. The Morgan fingerprint density at radius 3 is 2.13 bits per heavy atom. The number of imidazole rings is 1. The number of ether oxygens (including phenoxy) is 1. The van der Waals surface area contributed by atoms with Crippen LogP contribution in [-0.4, -0.2) is 93.6 Å². The first kappa shape index (κ1) is 32.8. The van der Waals surface area contributed by atoms with Crippen LogP contribution in [0.4, 0.5) is 26.3 Å². The van der Waals surface area contributed by atoms with Gasteiger partial charge in [0, 0.05) is 52.4 Å². The van der Waals surface area contributed by atoms with Crippen molar-refractivity contribution in [2.24, 2.45) is 7.05 Å². The van der Waals surface area contributed by atoms with Gasteiger partial charge in [-0.1, -0.05) is 0 Å². The van der Waals surface area contributed by atoms with Crippen LogP contribution in [0.25, 0.3) is 0 Å². The molecule has 10 nitrogen and oxygen atoms in total. The SMILES string of the molecule is CN(C)C(=O)COCC1CN(Cc2ccsc2)Cc2ncn(C)c21.O=C(O)C(F)(F)F.O=C(O)C(F)(F)F. The number of amides is 1. The molecule has 0 saturated carbocycles. The number of hydrogen-bond donors (Lipinski definition) is 2. The van der Waals surface area contributed by atoms with E-state index in [4.69, 9.17) is 24.5 Å². The zero-order chi connectivity index (χ0) is 29.3. The molecular weight excluding hydrogens is 550 g/mol. The fraction of sp³-hybridized carbons (Fsp3) is 0.524. The van der Waals surface area contributed by atoms with Gasteiger partial charge >= 0.3 is 24.3 Å². The second-order valence-electron chi connectivity index (χ2n) is 8.09. The van der Waals surface area contributed by atoms with Gasteiger partial charge in [0.1, 0.15) is 6.61 Å². The number of likely N-dealkylation sites (N-methyl/N-ethyl adjacent to an activating group) is 1. The van der Waals surface area contributed by atoms with Gasteiger partial charge in [-0.15, -0.1) is 0 Å². The van der Waals surface area contributed by atoms with Crippen LogP contribution in [0.3, 0.4) is 0 Å². The highest BCUT2D eigenvalue weighted by Crippen LogP contribution is 2.29. The molecule has 0 fully saturated rings. The minimum absolute atomic E-state index is 0.00818. The number of aliphatic carboxylic acids is 2. The van der Waals surface area contributed by atoms with Crippen molar-refractivity contribution in [3.8, 4) is 0 Å². The maximum Gasteiger partial charge on any atom is 0.490 e. The second kappa shape index (κ2) is 14.1. The topological polar surface area (TPSA) is 125 Å². The highest BCUT2D eigenvalue weighted by atomic mass is 32.1. The molecule has 0 saturated heterocycles. The number of carbonyl (C=O) groups is 3. The van der Waals surface area contributed by atoms with Crippen molar-refractivity contribution in [1.29, 1.82) is 0 Å². The number of alkyl halides is 6. The summed E-state index contributed by atoms with van der Waals surface area (Å²) in [4.78, 5) is 38.0. The van der Waals surface area contributed by atoms with E-state index in [-0.39, 0.29) is 18.4 Å². The molecule has 0 bridgehead atoms. The molecule has 1 atom stereocenters. The Morgan fingerprint density at radius 2 is 1.68 bits per heavy atom. The predicted octanol–water partition coefficient (Wildman–Crippen LogP) is 2.95. The summed E-state index contributed by atoms with van der Waals surface area (Å²) in [6, 6.07) is 2.17. The first-order chi connectivity index (χ1) is 17.4. The summed E-state index contributed by atoms with van der Waals surface area (Å²) in [5, 5.41) is 18.5. The molecule has 0 aliphatic carbocycles. The summed E-state index contributed by atoms with van der Waals surface area (Å²) in [5.41, 5.74) is 3.68. The molecule has 3 heterocycles. The maximum absolute atomic E-state index is 11.7. The number of carboxylic acid groups (broad SMARTS) is 2. The molecule has 38 heavy (non-hydrogen) atoms. The quantitative estimate of drug-likeness (QED) is 0.503. The number of thiophene rings is 1. The van der Waals surface area contributed by atoms with Crippen molar-refractivity contribution in [2.75, 3.05) is 33.9 Å². The third kappa shape index (κ3) is 11.1. The van der Waals surface area contributed by atoms with Crippen LogP contribution < -0.4 is 0 Å². The highest BCUT2D eigenvalue weighted by molar-refractivity contribution is 7.07. The van der Waals surface area contributed by atoms with Gasteiger partial charge in [0.15, 0.2) is 0 Å². The fourth-order valence-corrected chi connectivity index (χ4v) is 3.78. The molecule has 0 spiro atoms. The number of rotatable bonds is 6. The lowest BCUT2D eigenvalue weighted by molar-refractivity contribution is -0.193. The first-order valence-corrected chi connectivity index (χ1v) is 11.5. The van der Waals surface area contributed by atoms with Gasteiger partial charge in [-0.25, -0.2) is 14.6 Å². The van der Waals surface area contributed by atoms with Gasteiger partial charge in [-0.05, 0) is 22.4 Å². The summed E-state index contributed by atoms with van der Waals surface area (Å²) >= 11 is 1.73. The van der Waals surface area contributed by atoms with Crippen molar-refractivity contribution >= 4 is 29.2 Å². The van der Waals surface area contributed by atoms with E-state index in [1.165, 1.54) is 11.3 Å². The van der Waals surface area contributed by atoms with Crippen LogP contribution in [0, 0.1) is 0 Å². The number of aryl methyl sites for hydroxylation is 1. The number of carboxylic acids is 2. The Kier molecular flexibility index (Phi) is 12.2. The third-order valence-electron chi connectivity index (χ3n) is 4.82. The van der Waals surface area contributed by atoms with Gasteiger partial charge in [-0.2, -0.15) is 37.7 Å². The van der Waals surface area contributed by atoms with Gasteiger partial charge in [0.25, 0.3) is 0 Å². The lowest BCUT2D eigenvalue weighted by atomic mass is 9.98. The van der Waals surface area contributed by atoms with Crippen molar-refractivity contribution in [1.82, 2.24) is 19.4 Å². The number of hydrogen-bond acceptors (Lipinski definition) is 7. The van der Waals surface area contributed by atoms with Gasteiger partial charge in [-0.3, -0.25) is 9.69 Å². The Bertz CT molecular complexity index is 1030. The maximum atomic E-state index is 11.7. The van der Waals surface area contributed by atoms with Gasteiger partial charge < -0.3 is 24.4 Å². The van der Waals surface area contributed by atoms with Crippen LogP contribution in [0.15, 0.2) is 23.2 Å². The Morgan fingerprint density at radius 1 is 1.13 bits per heavy atom. The molecule has 1 unspecified atom stereocenters. The highest BCUT2D eigenvalue weighted by Gasteiger charge is 2.39. The molecule has 2 N–H and O–H groups in total. The Balaban J connectivity index is 0.000000426. The number of nitrogens with zero attached hydrogens (tertiary/aromatic N) is 4. The molecule has 1 aliphatic heterocycles. The van der Waals surface area contributed by atoms with E-state index in [0.717, 1.165) is 25.3 Å². The summed E-state index contributed by atoms with van der Waals surface area (Å²) in [5.74, 6) is -5.29. The third-order valence-corrected chi connectivity index (χ3v) is 5.55. The van der Waals surface area contributed by atoms with E-state index in [1.807, 2.05) is 13.4 Å². The number of fused-ring (bicyclic) bond motifs is 1. The lowest BCUT2D eigenvalue weighted by Crippen LogP contribution is -2.36. The van der Waals surface area contributed by atoms with E-state index in [9.17, 15) is 31.1 Å². The number of aromatic nitrogens is 2. The average Bonchev–Trinajstić information content (AvgIpc) is 3.43. The van der Waals surface area contributed by atoms with Crippen molar-refractivity contribution in [3.63, 3.8) is 0 Å². The molecule has 1 aliphatic rings. The van der Waals surface area contributed by atoms with E-state index >= 15 is 0 Å². The molecule has 2 aromatic heterocycles. The van der Waals surface area contributed by atoms with Gasteiger partial charge in [0.2, 0.25) is 5.91 Å². The standard InChI is InChI=1S/C17H24N4O2S.2C2HF3O2/c1-19(2)16(22)10-23-9-14-7-21(6-13-4-5-24-11-13)8-15-17(14)20(3)12-18-15;2*3-2(4,5)1(6)7/h4-5,11-12,14H,6-10H2,1-3H3;2*(H,6,7). The molecular formula is C21H26F6N4O6S. The minimum atomic E-state index is -5.08. The molecule has 2 aromatic rings. The van der Waals surface area contributed by atoms with Crippen LogP contribution in [-0.2, 0) is 39.3 Å². The van der Waals surface area contributed by atoms with Crippen molar-refractivity contribution in [2.45, 2.75) is 31.4 Å². The molecule has 214 valence electrons. The smallest absolute Gasteiger partial charge is 0.475 e. The number of carbonyl (C=O) groups excluding carboxylic acids is 1. The monoisotopic (exact) mass is 576 g/mol. The van der Waals surface area contributed by atoms with E-state index < -0.39 is 24.3 Å². The normalized spacial score (nSPS) is 15.3. The van der Waals surface area contributed by atoms with Crippen molar-refractivity contribution in [3.05, 3.63) is 40.1 Å². The zero-order valence-corrected chi connectivity index (χ0v) is 21.2. The first-order valence-electron chi connectivity index (χ1n) is 10.5. The van der Waals surface area contributed by atoms with Crippen LogP contribution in [0.2, 0.25) is 0 Å². The minimum Gasteiger partial charge on any atom is -0.475 e. The van der Waals surface area contributed by atoms with Crippen LogP contribution in [0.5, 0.6) is 0 Å². The average molecular weight is 577 g/mol. The van der Waals surface area contributed by atoms with Crippen molar-refractivity contribution < 1.29 is 55.7 Å². The molecule has 0 aromatic carbocycles.